The van der Waals surface area contributed by atoms with Gasteiger partial charge in [0.2, 0.25) is 11.8 Å². The minimum atomic E-state index is -1.56. The van der Waals surface area contributed by atoms with Crippen LogP contribution >= 0.6 is 15.9 Å². The molecule has 158 valence electrons. The van der Waals surface area contributed by atoms with Crippen molar-refractivity contribution in [1.82, 2.24) is 10.2 Å². The maximum absolute atomic E-state index is 13.3. The molecule has 0 bridgehead atoms. The number of aromatic hydroxyl groups is 1. The summed E-state index contributed by atoms with van der Waals surface area (Å²) in [6.07, 6.45) is 1.69. The Bertz CT molecular complexity index is 842. The lowest BCUT2D eigenvalue weighted by atomic mass is 9.75. The Kier molecular flexibility index (Phi) is 6.06. The topological polar surface area (TPSA) is 107 Å². The van der Waals surface area contributed by atoms with Crippen LogP contribution in [0.5, 0.6) is 5.75 Å². The first kappa shape index (κ1) is 21.8. The normalized spacial score (nSPS) is 29.0. The second kappa shape index (κ2) is 8.07. The van der Waals surface area contributed by atoms with Crippen molar-refractivity contribution in [3.05, 3.63) is 28.2 Å². The summed E-state index contributed by atoms with van der Waals surface area (Å²) < 4.78 is 0.694. The molecule has 1 aromatic rings. The third-order valence-electron chi connectivity index (χ3n) is 5.92. The van der Waals surface area contributed by atoms with Gasteiger partial charge in [0.05, 0.1) is 11.8 Å². The van der Waals surface area contributed by atoms with Gasteiger partial charge in [-0.1, -0.05) is 43.1 Å². The molecule has 7 nitrogen and oxygen atoms in total. The van der Waals surface area contributed by atoms with E-state index in [0.29, 0.717) is 16.5 Å². The van der Waals surface area contributed by atoms with Crippen molar-refractivity contribution in [2.75, 3.05) is 6.54 Å². The molecular formula is C21H27BrN2O5. The van der Waals surface area contributed by atoms with E-state index in [2.05, 4.69) is 21.2 Å². The Morgan fingerprint density at radius 2 is 2.00 bits per heavy atom. The van der Waals surface area contributed by atoms with E-state index < -0.39 is 35.3 Å². The number of halogens is 1. The van der Waals surface area contributed by atoms with Gasteiger partial charge in [0, 0.05) is 22.6 Å². The highest BCUT2D eigenvalue weighted by atomic mass is 79.9. The highest BCUT2D eigenvalue weighted by molar-refractivity contribution is 9.10. The molecule has 4 atom stereocenters. The first-order valence-corrected chi connectivity index (χ1v) is 10.8. The predicted molar refractivity (Wildman–Crippen MR) is 110 cm³/mol. The van der Waals surface area contributed by atoms with Gasteiger partial charge < -0.3 is 10.2 Å². The van der Waals surface area contributed by atoms with Crippen molar-refractivity contribution in [2.45, 2.75) is 51.6 Å². The summed E-state index contributed by atoms with van der Waals surface area (Å²) in [6, 6.07) is 4.06. The van der Waals surface area contributed by atoms with Crippen LogP contribution in [0.1, 0.15) is 51.6 Å². The number of amides is 2. The second-order valence-corrected chi connectivity index (χ2v) is 9.30. The first-order valence-electron chi connectivity index (χ1n) is 9.98. The van der Waals surface area contributed by atoms with Crippen LogP contribution < -0.4 is 5.32 Å². The third-order valence-corrected chi connectivity index (χ3v) is 6.41. The van der Waals surface area contributed by atoms with E-state index in [-0.39, 0.29) is 30.5 Å². The number of nitrogens with one attached hydrogen (secondary N) is 1. The molecule has 29 heavy (non-hydrogen) atoms. The van der Waals surface area contributed by atoms with Gasteiger partial charge in [-0.3, -0.25) is 24.6 Å². The largest absolute Gasteiger partial charge is 0.508 e. The fourth-order valence-electron chi connectivity index (χ4n) is 4.76. The van der Waals surface area contributed by atoms with Gasteiger partial charge in [-0.2, -0.15) is 0 Å². The summed E-state index contributed by atoms with van der Waals surface area (Å²) in [6.45, 7) is 6.04. The van der Waals surface area contributed by atoms with Crippen molar-refractivity contribution in [2.24, 2.45) is 17.8 Å². The smallest absolute Gasteiger partial charge is 0.324 e. The number of carboxylic acid groups (broad SMARTS) is 1. The molecule has 0 radical (unpaired) electrons. The zero-order chi connectivity index (χ0) is 21.5. The number of carboxylic acids is 1. The molecule has 3 rings (SSSR count). The Morgan fingerprint density at radius 1 is 1.31 bits per heavy atom. The minimum absolute atomic E-state index is 0.0123. The van der Waals surface area contributed by atoms with Crippen LogP contribution in [0.15, 0.2) is 22.7 Å². The number of phenols is 1. The summed E-state index contributed by atoms with van der Waals surface area (Å²) in [5.74, 6) is -3.86. The van der Waals surface area contributed by atoms with E-state index in [1.54, 1.807) is 12.1 Å². The van der Waals surface area contributed by atoms with Gasteiger partial charge in [0.25, 0.3) is 0 Å². The summed E-state index contributed by atoms with van der Waals surface area (Å²) >= 11 is 3.37. The molecule has 1 aromatic carbocycles. The van der Waals surface area contributed by atoms with E-state index >= 15 is 0 Å². The van der Waals surface area contributed by atoms with Gasteiger partial charge in [0.1, 0.15) is 11.3 Å². The van der Waals surface area contributed by atoms with Crippen LogP contribution in [0.2, 0.25) is 0 Å². The van der Waals surface area contributed by atoms with Crippen LogP contribution in [0, 0.1) is 17.8 Å². The van der Waals surface area contributed by atoms with E-state index in [0.717, 1.165) is 6.42 Å². The average molecular weight is 467 g/mol. The van der Waals surface area contributed by atoms with Crippen LogP contribution in [-0.2, 0) is 14.4 Å². The van der Waals surface area contributed by atoms with Crippen LogP contribution in [0.25, 0.3) is 0 Å². The maximum Gasteiger partial charge on any atom is 0.324 e. The Hall–Kier alpha value is -1.93. The van der Waals surface area contributed by atoms with Crippen molar-refractivity contribution in [1.29, 1.82) is 0 Å². The Morgan fingerprint density at radius 3 is 2.59 bits per heavy atom. The van der Waals surface area contributed by atoms with Gasteiger partial charge in [-0.25, -0.2) is 0 Å². The predicted octanol–water partition coefficient (Wildman–Crippen LogP) is 3.07. The SMILES string of the molecule is CCCCN1C(=O)[C@H]2[C@@H](c3cc(Br)ccc3O)N[C@@](CC(C)C)(C(=O)O)[C@@H]2C1=O. The Balaban J connectivity index is 2.15. The van der Waals surface area contributed by atoms with Gasteiger partial charge in [0.15, 0.2) is 0 Å². The lowest BCUT2D eigenvalue weighted by molar-refractivity contribution is -0.152. The maximum atomic E-state index is 13.3. The molecule has 0 unspecified atom stereocenters. The van der Waals surface area contributed by atoms with E-state index in [1.807, 2.05) is 20.8 Å². The molecule has 2 heterocycles. The number of imide groups is 1. The first-order chi connectivity index (χ1) is 13.6. The van der Waals surface area contributed by atoms with Crippen molar-refractivity contribution >= 4 is 33.7 Å². The van der Waals surface area contributed by atoms with Crippen molar-refractivity contribution < 1.29 is 24.6 Å². The number of fused-ring (bicyclic) bond motifs is 1. The molecule has 2 fully saturated rings. The number of hydrogen-bond donors (Lipinski definition) is 3. The summed E-state index contributed by atoms with van der Waals surface area (Å²) in [7, 11) is 0. The summed E-state index contributed by atoms with van der Waals surface area (Å²) in [5, 5.41) is 23.8. The molecule has 2 aliphatic heterocycles. The van der Waals surface area contributed by atoms with E-state index in [1.165, 1.54) is 11.0 Å². The van der Waals surface area contributed by atoms with E-state index in [9.17, 15) is 24.6 Å². The van der Waals surface area contributed by atoms with Crippen molar-refractivity contribution in [3.8, 4) is 5.75 Å². The van der Waals surface area contributed by atoms with Crippen LogP contribution in [-0.4, -0.2) is 45.0 Å². The number of phenolic OH excluding ortho intramolecular Hbond substituents is 1. The summed E-state index contributed by atoms with van der Waals surface area (Å²) in [4.78, 5) is 40.2. The summed E-state index contributed by atoms with van der Waals surface area (Å²) in [5.41, 5.74) is -1.15. The molecule has 0 saturated carbocycles. The highest BCUT2D eigenvalue weighted by Crippen LogP contribution is 2.52. The molecule has 0 aliphatic carbocycles. The molecule has 3 N–H and O–H groups in total. The number of nitrogens with zero attached hydrogens (tertiary/aromatic N) is 1. The number of carbonyl (C=O) groups excluding carboxylic acids is 2. The quantitative estimate of drug-likeness (QED) is 0.533. The lowest BCUT2D eigenvalue weighted by Gasteiger charge is -2.32. The van der Waals surface area contributed by atoms with Gasteiger partial charge in [-0.05, 0) is 37.0 Å². The number of hydrogen-bond acceptors (Lipinski definition) is 5. The fraction of sp³-hybridized carbons (Fsp3) is 0.571. The molecule has 2 aliphatic rings. The molecular weight excluding hydrogens is 440 g/mol. The second-order valence-electron chi connectivity index (χ2n) is 8.38. The lowest BCUT2D eigenvalue weighted by Crippen LogP contribution is -2.56. The number of benzene rings is 1. The minimum Gasteiger partial charge on any atom is -0.508 e. The van der Waals surface area contributed by atoms with Crippen LogP contribution in [0.4, 0.5) is 0 Å². The number of rotatable bonds is 7. The zero-order valence-corrected chi connectivity index (χ0v) is 18.4. The monoisotopic (exact) mass is 466 g/mol. The van der Waals surface area contributed by atoms with Gasteiger partial charge >= 0.3 is 5.97 Å². The molecule has 2 saturated heterocycles. The van der Waals surface area contributed by atoms with E-state index in [4.69, 9.17) is 0 Å². The highest BCUT2D eigenvalue weighted by Gasteiger charge is 2.68. The average Bonchev–Trinajstić information content (AvgIpc) is 3.10. The number of aliphatic carboxylic acids is 1. The number of carbonyl (C=O) groups is 3. The zero-order valence-electron chi connectivity index (χ0n) is 16.8. The fourth-order valence-corrected chi connectivity index (χ4v) is 5.14. The number of unbranched alkanes of at least 4 members (excludes halogenated alkanes) is 1. The molecule has 0 spiro atoms. The standard InChI is InChI=1S/C21H27BrN2O5/c1-4-5-8-24-18(26)15-16(19(24)27)21(20(28)29,10-11(2)3)23-17(15)13-9-12(22)6-7-14(13)25/h6-7,9,11,15-17,23,25H,4-5,8,10H2,1-3H3,(H,28,29)/t15-,16+,17-,21-/m1/s1. The molecule has 2 amide bonds. The van der Waals surface area contributed by atoms with Crippen LogP contribution in [0.3, 0.4) is 0 Å². The van der Waals surface area contributed by atoms with Crippen molar-refractivity contribution in [3.63, 3.8) is 0 Å². The third kappa shape index (κ3) is 3.57. The van der Waals surface area contributed by atoms with Gasteiger partial charge in [-0.15, -0.1) is 0 Å². The molecule has 0 aromatic heterocycles. The molecule has 8 heteroatoms. The Labute approximate surface area is 178 Å². The number of likely N-dealkylation sites (tertiary alicyclic amines) is 1.